The van der Waals surface area contributed by atoms with Gasteiger partial charge in [0.1, 0.15) is 0 Å². The van der Waals surface area contributed by atoms with Crippen LogP contribution in [0.2, 0.25) is 0 Å². The highest BCUT2D eigenvalue weighted by Crippen LogP contribution is 2.24. The van der Waals surface area contributed by atoms with Crippen LogP contribution in [0.5, 0.6) is 0 Å². The maximum Gasteiger partial charge on any atom is 0.276 e. The monoisotopic (exact) mass is 380 g/mol. The Morgan fingerprint density at radius 2 is 1.71 bits per heavy atom. The number of hydrogen-bond donors (Lipinski definition) is 1. The lowest BCUT2D eigenvalue weighted by atomic mass is 10.0. The largest absolute Gasteiger partial charge is 0.382 e. The summed E-state index contributed by atoms with van der Waals surface area (Å²) in [4.78, 5) is 39.5. The number of piperazine rings is 1. The van der Waals surface area contributed by atoms with E-state index in [9.17, 15) is 9.59 Å². The number of anilines is 2. The minimum atomic E-state index is -0.203. The first-order valence-electron chi connectivity index (χ1n) is 9.61. The molecule has 0 saturated carbocycles. The standard InChI is InChI=1S/C20H24N6O2/c21-18-17(22-8-9-23-18)20(28)25-13-11-24(12-14-25)16-7-4-10-26(19(16)27)15-5-2-1-3-6-15/h1-3,5-6,8-9,16H,4,7,10-14H2,(H2,21,23)/t16-/m1/s1. The molecule has 0 spiro atoms. The Kier molecular flexibility index (Phi) is 5.21. The smallest absolute Gasteiger partial charge is 0.276 e. The molecule has 2 fully saturated rings. The van der Waals surface area contributed by atoms with Crippen LogP contribution >= 0.6 is 0 Å². The average Bonchev–Trinajstić information content (AvgIpc) is 2.75. The lowest BCUT2D eigenvalue weighted by Gasteiger charge is -2.42. The summed E-state index contributed by atoms with van der Waals surface area (Å²) < 4.78 is 0. The molecule has 2 aromatic rings. The van der Waals surface area contributed by atoms with Gasteiger partial charge in [0, 0.05) is 50.8 Å². The summed E-state index contributed by atoms with van der Waals surface area (Å²) >= 11 is 0. The zero-order valence-electron chi connectivity index (χ0n) is 15.7. The number of rotatable bonds is 3. The summed E-state index contributed by atoms with van der Waals surface area (Å²) in [6, 6.07) is 9.68. The van der Waals surface area contributed by atoms with Crippen molar-refractivity contribution in [2.75, 3.05) is 43.4 Å². The third kappa shape index (κ3) is 3.55. The van der Waals surface area contributed by atoms with Gasteiger partial charge in [-0.3, -0.25) is 14.5 Å². The van der Waals surface area contributed by atoms with Crippen LogP contribution in [-0.2, 0) is 4.79 Å². The molecular formula is C20H24N6O2. The molecular weight excluding hydrogens is 356 g/mol. The maximum absolute atomic E-state index is 13.1. The van der Waals surface area contributed by atoms with E-state index < -0.39 is 0 Å². The summed E-state index contributed by atoms with van der Waals surface area (Å²) in [5.74, 6) is 0.0948. The van der Waals surface area contributed by atoms with Gasteiger partial charge in [0.25, 0.3) is 5.91 Å². The molecule has 28 heavy (non-hydrogen) atoms. The van der Waals surface area contributed by atoms with Crippen molar-refractivity contribution in [2.45, 2.75) is 18.9 Å². The summed E-state index contributed by atoms with van der Waals surface area (Å²) in [7, 11) is 0. The Balaban J connectivity index is 1.40. The third-order valence-electron chi connectivity index (χ3n) is 5.45. The summed E-state index contributed by atoms with van der Waals surface area (Å²) in [6.07, 6.45) is 4.77. The second kappa shape index (κ2) is 7.93. The van der Waals surface area contributed by atoms with E-state index in [4.69, 9.17) is 5.73 Å². The van der Waals surface area contributed by atoms with E-state index in [0.717, 1.165) is 25.1 Å². The molecule has 3 heterocycles. The zero-order chi connectivity index (χ0) is 19.5. The Hall–Kier alpha value is -3.00. The first-order valence-corrected chi connectivity index (χ1v) is 9.61. The highest BCUT2D eigenvalue weighted by atomic mass is 16.2. The van der Waals surface area contributed by atoms with E-state index in [0.29, 0.717) is 26.2 Å². The predicted molar refractivity (Wildman–Crippen MR) is 106 cm³/mol. The fourth-order valence-corrected chi connectivity index (χ4v) is 3.96. The van der Waals surface area contributed by atoms with Crippen molar-refractivity contribution in [1.29, 1.82) is 0 Å². The number of carbonyl (C=O) groups excluding carboxylic acids is 2. The molecule has 2 aliphatic rings. The van der Waals surface area contributed by atoms with E-state index in [2.05, 4.69) is 14.9 Å². The molecule has 2 aliphatic heterocycles. The highest BCUT2D eigenvalue weighted by Gasteiger charge is 2.36. The number of piperidine rings is 1. The van der Waals surface area contributed by atoms with Crippen LogP contribution in [0.25, 0.3) is 0 Å². The predicted octanol–water partition coefficient (Wildman–Crippen LogP) is 1.01. The van der Waals surface area contributed by atoms with E-state index in [1.807, 2.05) is 35.2 Å². The highest BCUT2D eigenvalue weighted by molar-refractivity contribution is 5.98. The summed E-state index contributed by atoms with van der Waals surface area (Å²) in [5, 5.41) is 0. The maximum atomic E-state index is 13.1. The van der Waals surface area contributed by atoms with Crippen LogP contribution in [0, 0.1) is 0 Å². The van der Waals surface area contributed by atoms with Crippen molar-refractivity contribution in [2.24, 2.45) is 0 Å². The molecule has 1 aromatic heterocycles. The fourth-order valence-electron chi connectivity index (χ4n) is 3.96. The number of nitrogens with two attached hydrogens (primary N) is 1. The van der Waals surface area contributed by atoms with Gasteiger partial charge in [-0.15, -0.1) is 0 Å². The second-order valence-electron chi connectivity index (χ2n) is 7.10. The molecule has 0 unspecified atom stereocenters. The van der Waals surface area contributed by atoms with E-state index in [1.165, 1.54) is 12.4 Å². The Bertz CT molecular complexity index is 851. The van der Waals surface area contributed by atoms with Crippen LogP contribution in [-0.4, -0.2) is 70.3 Å². The molecule has 1 aromatic carbocycles. The Labute approximate surface area is 164 Å². The lowest BCUT2D eigenvalue weighted by molar-refractivity contribution is -0.126. The van der Waals surface area contributed by atoms with E-state index >= 15 is 0 Å². The molecule has 146 valence electrons. The summed E-state index contributed by atoms with van der Waals surface area (Å²) in [6.45, 7) is 3.16. The number of nitrogen functional groups attached to an aromatic ring is 1. The number of nitrogens with zero attached hydrogens (tertiary/aromatic N) is 5. The molecule has 2 N–H and O–H groups in total. The van der Waals surface area contributed by atoms with Crippen LogP contribution in [0.3, 0.4) is 0 Å². The van der Waals surface area contributed by atoms with Crippen molar-refractivity contribution in [3.05, 3.63) is 48.4 Å². The normalized spacial score (nSPS) is 21.0. The van der Waals surface area contributed by atoms with Crippen molar-refractivity contribution in [3.8, 4) is 0 Å². The molecule has 1 atom stereocenters. The van der Waals surface area contributed by atoms with Crippen molar-refractivity contribution >= 4 is 23.3 Å². The molecule has 2 saturated heterocycles. The van der Waals surface area contributed by atoms with E-state index in [-0.39, 0.29) is 29.4 Å². The average molecular weight is 380 g/mol. The van der Waals surface area contributed by atoms with Crippen molar-refractivity contribution < 1.29 is 9.59 Å². The minimum Gasteiger partial charge on any atom is -0.382 e. The van der Waals surface area contributed by atoms with Crippen LogP contribution < -0.4 is 10.6 Å². The lowest BCUT2D eigenvalue weighted by Crippen LogP contribution is -2.58. The number of hydrogen-bond acceptors (Lipinski definition) is 6. The van der Waals surface area contributed by atoms with Gasteiger partial charge in [-0.25, -0.2) is 9.97 Å². The van der Waals surface area contributed by atoms with Crippen molar-refractivity contribution in [1.82, 2.24) is 19.8 Å². The van der Waals surface area contributed by atoms with Gasteiger partial charge in [0.15, 0.2) is 11.5 Å². The third-order valence-corrected chi connectivity index (χ3v) is 5.45. The van der Waals surface area contributed by atoms with Crippen molar-refractivity contribution in [3.63, 3.8) is 0 Å². The molecule has 8 heteroatoms. The van der Waals surface area contributed by atoms with Gasteiger partial charge in [0.05, 0.1) is 6.04 Å². The fraction of sp³-hybridized carbons (Fsp3) is 0.400. The number of aromatic nitrogens is 2. The van der Waals surface area contributed by atoms with Crippen LogP contribution in [0.15, 0.2) is 42.7 Å². The topological polar surface area (TPSA) is 95.7 Å². The minimum absolute atomic E-state index is 0.132. The van der Waals surface area contributed by atoms with Crippen LogP contribution in [0.4, 0.5) is 11.5 Å². The second-order valence-corrected chi connectivity index (χ2v) is 7.10. The van der Waals surface area contributed by atoms with E-state index in [1.54, 1.807) is 4.90 Å². The molecule has 0 aliphatic carbocycles. The molecule has 0 bridgehead atoms. The Morgan fingerprint density at radius 3 is 2.43 bits per heavy atom. The SMILES string of the molecule is Nc1nccnc1C(=O)N1CCN([C@@H]2CCCN(c3ccccc3)C2=O)CC1. The molecule has 8 nitrogen and oxygen atoms in total. The van der Waals surface area contributed by atoms with Gasteiger partial charge in [-0.1, -0.05) is 18.2 Å². The van der Waals surface area contributed by atoms with Gasteiger partial charge >= 0.3 is 0 Å². The van der Waals surface area contributed by atoms with Crippen LogP contribution in [0.1, 0.15) is 23.3 Å². The summed E-state index contributed by atoms with van der Waals surface area (Å²) in [5.41, 5.74) is 6.92. The zero-order valence-corrected chi connectivity index (χ0v) is 15.7. The quantitative estimate of drug-likeness (QED) is 0.854. The first kappa shape index (κ1) is 18.4. The molecule has 4 rings (SSSR count). The van der Waals surface area contributed by atoms with Gasteiger partial charge in [-0.05, 0) is 25.0 Å². The first-order chi connectivity index (χ1) is 13.6. The number of carbonyl (C=O) groups is 2. The number of amides is 2. The molecule has 2 amide bonds. The van der Waals surface area contributed by atoms with Gasteiger partial charge < -0.3 is 15.5 Å². The van der Waals surface area contributed by atoms with Gasteiger partial charge in [-0.2, -0.15) is 0 Å². The Morgan fingerprint density at radius 1 is 1.00 bits per heavy atom. The number of para-hydroxylation sites is 1. The molecule has 0 radical (unpaired) electrons. The van der Waals surface area contributed by atoms with Gasteiger partial charge in [0.2, 0.25) is 5.91 Å². The number of benzene rings is 1.